The van der Waals surface area contributed by atoms with Gasteiger partial charge in [-0.1, -0.05) is 111 Å². The third kappa shape index (κ3) is 7.17. The van der Waals surface area contributed by atoms with E-state index < -0.39 is 5.41 Å². The van der Waals surface area contributed by atoms with Crippen LogP contribution in [0.2, 0.25) is 0 Å². The van der Waals surface area contributed by atoms with Crippen LogP contribution in [0.15, 0.2) is 140 Å². The van der Waals surface area contributed by atoms with Crippen LogP contribution in [0, 0.1) is 32.9 Å². The number of para-hydroxylation sites is 2. The Morgan fingerprint density at radius 2 is 1.28 bits per heavy atom. The molecule has 0 saturated carbocycles. The molecule has 300 valence electrons. The van der Waals surface area contributed by atoms with Crippen molar-refractivity contribution in [1.29, 1.82) is 0 Å². The number of aromatic nitrogens is 4. The van der Waals surface area contributed by atoms with E-state index in [-0.39, 0.29) is 21.1 Å². The van der Waals surface area contributed by atoms with Crippen molar-refractivity contribution in [1.82, 2.24) is 20.0 Å². The summed E-state index contributed by atoms with van der Waals surface area (Å²) in [4.78, 5) is 4.99. The zero-order valence-corrected chi connectivity index (χ0v) is 37.1. The zero-order chi connectivity index (χ0) is 40.8. The summed E-state index contributed by atoms with van der Waals surface area (Å²) in [7, 11) is 0. The third-order valence-corrected chi connectivity index (χ3v) is 11.4. The predicted molar refractivity (Wildman–Crippen MR) is 235 cm³/mol. The molecule has 8 aromatic rings. The Balaban J connectivity index is 0.00000499. The molecule has 60 heavy (non-hydrogen) atoms. The monoisotopic (exact) mass is 965 g/mol. The number of benzene rings is 6. The summed E-state index contributed by atoms with van der Waals surface area (Å²) in [5.41, 5.74) is 13.8. The Bertz CT molecular complexity index is 2750. The molecule has 0 fully saturated rings. The molecule has 7 heteroatoms. The van der Waals surface area contributed by atoms with E-state index in [1.807, 2.05) is 77.7 Å². The fraction of sp³-hybridized carbons (Fsp3) is 0.189. The average Bonchev–Trinajstić information content (AvgIpc) is 3.73. The quantitative estimate of drug-likeness (QED) is 0.135. The molecule has 0 N–H and O–H groups in total. The standard InChI is InChI=1S/C53H46N4O2.Pt/c1-33(2)43-18-15-19-44(34(3)4)52(43)47-32-57(56-55-47)40-28-38(51-36(6)26-35(5)27-37(51)7)29-42(31-40)58-41-17-14-16-39(30-41)53(50-24-12-13-25-54-50)45-20-8-10-22-48(45)59-49-23-11-9-21-46(49)53;/h8-29,32-34H,1-7H3;/q-2;+2. The number of fused-ring (bicyclic) bond motifs is 2. The molecule has 3 heterocycles. The third-order valence-electron chi connectivity index (χ3n) is 11.4. The van der Waals surface area contributed by atoms with E-state index in [1.54, 1.807) is 0 Å². The first kappa shape index (κ1) is 40.7. The van der Waals surface area contributed by atoms with Gasteiger partial charge in [0, 0.05) is 34.4 Å². The number of hydrogen-bond donors (Lipinski definition) is 0. The summed E-state index contributed by atoms with van der Waals surface area (Å²) in [6, 6.07) is 50.9. The normalized spacial score (nSPS) is 12.7. The number of ether oxygens (including phenoxy) is 2. The van der Waals surface area contributed by atoms with Crippen LogP contribution in [0.25, 0.3) is 28.1 Å². The maximum absolute atomic E-state index is 6.86. The second-order valence-corrected chi connectivity index (χ2v) is 16.2. The van der Waals surface area contributed by atoms with Crippen molar-refractivity contribution in [3.63, 3.8) is 0 Å². The van der Waals surface area contributed by atoms with Crippen molar-refractivity contribution in [3.8, 4) is 51.1 Å². The molecule has 0 bridgehead atoms. The number of rotatable bonds is 9. The molecule has 0 spiro atoms. The van der Waals surface area contributed by atoms with Crippen molar-refractivity contribution < 1.29 is 30.5 Å². The van der Waals surface area contributed by atoms with Crippen LogP contribution in [-0.2, 0) is 26.5 Å². The van der Waals surface area contributed by atoms with Gasteiger partial charge in [0.05, 0.1) is 17.3 Å². The van der Waals surface area contributed by atoms with E-state index in [9.17, 15) is 0 Å². The zero-order valence-electron chi connectivity index (χ0n) is 34.9. The van der Waals surface area contributed by atoms with Crippen LogP contribution >= 0.6 is 0 Å². The van der Waals surface area contributed by atoms with Crippen molar-refractivity contribution in [2.75, 3.05) is 0 Å². The van der Waals surface area contributed by atoms with Crippen LogP contribution in [0.4, 0.5) is 0 Å². The van der Waals surface area contributed by atoms with Crippen molar-refractivity contribution in [2.45, 2.75) is 65.7 Å². The predicted octanol–water partition coefficient (Wildman–Crippen LogP) is 13.0. The van der Waals surface area contributed by atoms with Gasteiger partial charge in [-0.3, -0.25) is 4.98 Å². The van der Waals surface area contributed by atoms with Crippen LogP contribution < -0.4 is 9.47 Å². The van der Waals surface area contributed by atoms with Gasteiger partial charge < -0.3 is 9.47 Å². The van der Waals surface area contributed by atoms with E-state index in [2.05, 4.69) is 127 Å². The summed E-state index contributed by atoms with van der Waals surface area (Å²) in [6.45, 7) is 15.4. The minimum absolute atomic E-state index is 0. The van der Waals surface area contributed by atoms with E-state index in [1.165, 1.54) is 27.8 Å². The minimum Gasteiger partial charge on any atom is -0.509 e. The minimum atomic E-state index is -0.836. The van der Waals surface area contributed by atoms with Gasteiger partial charge in [-0.25, -0.2) is 4.68 Å². The van der Waals surface area contributed by atoms with Gasteiger partial charge >= 0.3 is 21.1 Å². The van der Waals surface area contributed by atoms with Crippen LogP contribution in [0.1, 0.15) is 89.7 Å². The molecule has 0 atom stereocenters. The number of pyridine rings is 1. The topological polar surface area (TPSA) is 62.1 Å². The molecule has 1 aliphatic heterocycles. The van der Waals surface area contributed by atoms with Crippen molar-refractivity contribution in [2.24, 2.45) is 0 Å². The van der Waals surface area contributed by atoms with Gasteiger partial charge in [0.15, 0.2) is 0 Å². The maximum Gasteiger partial charge on any atom is 2.00 e. The van der Waals surface area contributed by atoms with Gasteiger partial charge in [-0.05, 0) is 90.4 Å². The summed E-state index contributed by atoms with van der Waals surface area (Å²) >= 11 is 0. The van der Waals surface area contributed by atoms with Crippen molar-refractivity contribution >= 4 is 0 Å². The number of aryl methyl sites for hydroxylation is 3. The molecule has 0 unspecified atom stereocenters. The second-order valence-electron chi connectivity index (χ2n) is 16.2. The first-order valence-corrected chi connectivity index (χ1v) is 20.3. The van der Waals surface area contributed by atoms with Crippen LogP contribution in [-0.4, -0.2) is 20.0 Å². The average molecular weight is 966 g/mol. The van der Waals surface area contributed by atoms with Crippen molar-refractivity contribution in [3.05, 3.63) is 202 Å². The molecule has 1 aliphatic rings. The Labute approximate surface area is 367 Å². The van der Waals surface area contributed by atoms with E-state index >= 15 is 0 Å². The van der Waals surface area contributed by atoms with E-state index in [0.29, 0.717) is 23.3 Å². The van der Waals surface area contributed by atoms with E-state index in [0.717, 1.165) is 62.0 Å². The second kappa shape index (κ2) is 16.5. The smallest absolute Gasteiger partial charge is 0.509 e. The molecule has 6 aromatic carbocycles. The fourth-order valence-corrected chi connectivity index (χ4v) is 8.96. The van der Waals surface area contributed by atoms with Gasteiger partial charge in [0.2, 0.25) is 0 Å². The molecule has 0 aliphatic carbocycles. The Kier molecular flexibility index (Phi) is 11.2. The summed E-state index contributed by atoms with van der Waals surface area (Å²) in [5, 5.41) is 9.50. The number of hydrogen-bond acceptors (Lipinski definition) is 5. The molecule has 2 aromatic heterocycles. The van der Waals surface area contributed by atoms with Gasteiger partial charge in [-0.2, -0.15) is 12.1 Å². The Morgan fingerprint density at radius 1 is 0.650 bits per heavy atom. The van der Waals surface area contributed by atoms with Crippen LogP contribution in [0.5, 0.6) is 23.0 Å². The summed E-state index contributed by atoms with van der Waals surface area (Å²) < 4.78 is 15.2. The Hall–Kier alpha value is -6.10. The maximum atomic E-state index is 6.86. The van der Waals surface area contributed by atoms with Gasteiger partial charge in [0.25, 0.3) is 0 Å². The fourth-order valence-electron chi connectivity index (χ4n) is 8.96. The molecule has 6 nitrogen and oxygen atoms in total. The Morgan fingerprint density at radius 3 is 1.92 bits per heavy atom. The summed E-state index contributed by atoms with van der Waals surface area (Å²) in [6.07, 6.45) is 3.86. The van der Waals surface area contributed by atoms with Gasteiger partial charge in [0.1, 0.15) is 17.2 Å². The molecule has 9 rings (SSSR count). The van der Waals surface area contributed by atoms with Crippen LogP contribution in [0.3, 0.4) is 0 Å². The molecular formula is C53H46N4O2Pt. The van der Waals surface area contributed by atoms with Gasteiger partial charge in [-0.15, -0.1) is 46.6 Å². The first-order valence-electron chi connectivity index (χ1n) is 20.3. The molecule has 0 radical (unpaired) electrons. The van der Waals surface area contributed by atoms with E-state index in [4.69, 9.17) is 24.8 Å². The number of nitrogens with zero attached hydrogens (tertiary/aromatic N) is 4. The largest absolute Gasteiger partial charge is 2.00 e. The molecular weight excluding hydrogens is 920 g/mol. The molecule has 0 saturated heterocycles. The first-order chi connectivity index (χ1) is 28.6. The molecule has 0 amide bonds. The summed E-state index contributed by atoms with van der Waals surface area (Å²) in [5.74, 6) is 3.27. The SMILES string of the molecule is Cc1cc(C)c(-c2cc(Oc3[c-]c(C4(c5ccccn5)c5ccccc5Oc5ccccc54)ccc3)[c-]c(-n3cc(-c4c(C(C)C)cccc4C(C)C)nn3)c2)c(C)c1.[Pt+2].